The van der Waals surface area contributed by atoms with Gasteiger partial charge in [-0.15, -0.1) is 11.3 Å². The van der Waals surface area contributed by atoms with Crippen LogP contribution in [-0.2, 0) is 14.3 Å². The smallest absolute Gasteiger partial charge is 0.306 e. The summed E-state index contributed by atoms with van der Waals surface area (Å²) in [6.07, 6.45) is 14.6. The van der Waals surface area contributed by atoms with E-state index in [2.05, 4.69) is 11.1 Å². The molecular formula is C22H33NO3S. The average molecular weight is 392 g/mol. The van der Waals surface area contributed by atoms with E-state index < -0.39 is 0 Å². The highest BCUT2D eigenvalue weighted by Gasteiger charge is 2.40. The second kappa shape index (κ2) is 10.4. The van der Waals surface area contributed by atoms with E-state index in [9.17, 15) is 4.79 Å². The van der Waals surface area contributed by atoms with E-state index in [0.717, 1.165) is 42.0 Å². The molecule has 0 saturated carbocycles. The van der Waals surface area contributed by atoms with Gasteiger partial charge in [0.15, 0.2) is 0 Å². The predicted molar refractivity (Wildman–Crippen MR) is 110 cm³/mol. The maximum absolute atomic E-state index is 12.4. The molecule has 150 valence electrons. The molecule has 3 atom stereocenters. The number of nitrogens with zero attached hydrogens (tertiary/aromatic N) is 1. The molecule has 1 aromatic heterocycles. The zero-order chi connectivity index (χ0) is 19.1. The van der Waals surface area contributed by atoms with Gasteiger partial charge in [-0.3, -0.25) is 4.79 Å². The Morgan fingerprint density at radius 3 is 2.52 bits per heavy atom. The summed E-state index contributed by atoms with van der Waals surface area (Å²) < 4.78 is 11.8. The lowest BCUT2D eigenvalue weighted by Gasteiger charge is -2.18. The minimum atomic E-state index is -0.206. The molecule has 0 aliphatic carbocycles. The lowest BCUT2D eigenvalue weighted by Crippen LogP contribution is -2.22. The molecule has 0 amide bonds. The van der Waals surface area contributed by atoms with E-state index in [0.29, 0.717) is 12.5 Å². The zero-order valence-electron chi connectivity index (χ0n) is 16.7. The number of esters is 1. The Kier molecular flexibility index (Phi) is 7.89. The van der Waals surface area contributed by atoms with Crippen LogP contribution in [0.3, 0.4) is 0 Å². The molecule has 1 aromatic rings. The highest BCUT2D eigenvalue weighted by Crippen LogP contribution is 2.34. The fraction of sp³-hybridized carbons (Fsp3) is 0.727. The number of aromatic nitrogens is 1. The molecule has 0 spiro atoms. The molecule has 3 heterocycles. The SMILES string of the molecule is C/C(=C\c1csc(C)n1)[C@@H]1C[C@@H]2O[C@@H]2CCCCCCCCCCC(=O)O1. The largest absolute Gasteiger partial charge is 0.458 e. The van der Waals surface area contributed by atoms with Crippen molar-refractivity contribution in [1.29, 1.82) is 0 Å². The zero-order valence-corrected chi connectivity index (χ0v) is 17.6. The van der Waals surface area contributed by atoms with Crippen molar-refractivity contribution < 1.29 is 14.3 Å². The Morgan fingerprint density at radius 1 is 1.11 bits per heavy atom. The number of hydrogen-bond acceptors (Lipinski definition) is 5. The molecular weight excluding hydrogens is 358 g/mol. The van der Waals surface area contributed by atoms with Crippen LogP contribution in [0, 0.1) is 6.92 Å². The first kappa shape index (κ1) is 20.5. The average Bonchev–Trinajstić information content (AvgIpc) is 3.24. The van der Waals surface area contributed by atoms with Crippen molar-refractivity contribution in [3.8, 4) is 0 Å². The molecule has 2 fully saturated rings. The van der Waals surface area contributed by atoms with E-state index in [1.165, 1.54) is 38.5 Å². The van der Waals surface area contributed by atoms with Gasteiger partial charge in [0, 0.05) is 18.2 Å². The number of cyclic esters (lactones) is 1. The number of carbonyl (C=O) groups is 1. The summed E-state index contributed by atoms with van der Waals surface area (Å²) in [4.78, 5) is 16.9. The lowest BCUT2D eigenvalue weighted by molar-refractivity contribution is -0.147. The van der Waals surface area contributed by atoms with Crippen molar-refractivity contribution in [1.82, 2.24) is 4.98 Å². The Hall–Kier alpha value is -1.20. The summed E-state index contributed by atoms with van der Waals surface area (Å²) in [5.74, 6) is -0.0773. The first-order valence-electron chi connectivity index (χ1n) is 10.6. The number of ether oxygens (including phenoxy) is 2. The third-order valence-electron chi connectivity index (χ3n) is 5.55. The van der Waals surface area contributed by atoms with E-state index >= 15 is 0 Å². The highest BCUT2D eigenvalue weighted by atomic mass is 32.1. The quantitative estimate of drug-likeness (QED) is 0.469. The minimum Gasteiger partial charge on any atom is -0.458 e. The summed E-state index contributed by atoms with van der Waals surface area (Å²) in [5.41, 5.74) is 2.01. The summed E-state index contributed by atoms with van der Waals surface area (Å²) in [7, 11) is 0. The standard InChI is InChI=1S/C22H33NO3S/c1-16(13-18-15-27-17(2)23-18)20-14-21-19(25-21)11-9-7-5-3-4-6-8-10-12-22(24)26-20/h13,15,19-21H,3-12,14H2,1-2H3/b16-13+/t19-,20+,21+/m1/s1. The van der Waals surface area contributed by atoms with Crippen LogP contribution in [0.15, 0.2) is 11.0 Å². The first-order valence-corrected chi connectivity index (χ1v) is 11.4. The van der Waals surface area contributed by atoms with Gasteiger partial charge in [0.2, 0.25) is 0 Å². The summed E-state index contributed by atoms with van der Waals surface area (Å²) in [6, 6.07) is 0. The normalized spacial score (nSPS) is 29.0. The molecule has 0 bridgehead atoms. The predicted octanol–water partition coefficient (Wildman–Crippen LogP) is 5.84. The number of hydrogen-bond donors (Lipinski definition) is 0. The van der Waals surface area contributed by atoms with Gasteiger partial charge in [-0.25, -0.2) is 4.98 Å². The van der Waals surface area contributed by atoms with Gasteiger partial charge in [-0.2, -0.15) is 0 Å². The second-order valence-corrected chi connectivity index (χ2v) is 9.04. The van der Waals surface area contributed by atoms with Crippen molar-refractivity contribution in [2.24, 2.45) is 0 Å². The maximum Gasteiger partial charge on any atom is 0.306 e. The Bertz CT molecular complexity index is 639. The number of rotatable bonds is 2. The van der Waals surface area contributed by atoms with E-state index in [1.54, 1.807) is 11.3 Å². The van der Waals surface area contributed by atoms with Crippen molar-refractivity contribution in [3.63, 3.8) is 0 Å². The Balaban J connectivity index is 1.63. The van der Waals surface area contributed by atoms with Crippen molar-refractivity contribution in [2.45, 2.75) is 103 Å². The minimum absolute atomic E-state index is 0.0773. The third-order valence-corrected chi connectivity index (χ3v) is 6.34. The van der Waals surface area contributed by atoms with Gasteiger partial charge in [0.05, 0.1) is 22.9 Å². The van der Waals surface area contributed by atoms with Crippen molar-refractivity contribution in [2.75, 3.05) is 0 Å². The van der Waals surface area contributed by atoms with Gasteiger partial charge < -0.3 is 9.47 Å². The number of thiazole rings is 1. The number of carbonyl (C=O) groups excluding carboxylic acids is 1. The van der Waals surface area contributed by atoms with Crippen molar-refractivity contribution in [3.05, 3.63) is 21.7 Å². The fourth-order valence-electron chi connectivity index (χ4n) is 3.84. The van der Waals surface area contributed by atoms with Gasteiger partial charge in [-0.1, -0.05) is 44.9 Å². The Morgan fingerprint density at radius 2 is 1.81 bits per heavy atom. The molecule has 2 aliphatic rings. The Labute approximate surface area is 167 Å². The van der Waals surface area contributed by atoms with Gasteiger partial charge >= 0.3 is 5.97 Å². The van der Waals surface area contributed by atoms with Crippen LogP contribution in [0.25, 0.3) is 6.08 Å². The van der Waals surface area contributed by atoms with Crippen LogP contribution in [0.2, 0.25) is 0 Å². The molecule has 27 heavy (non-hydrogen) atoms. The van der Waals surface area contributed by atoms with Gasteiger partial charge in [-0.05, 0) is 38.3 Å². The molecule has 0 aromatic carbocycles. The molecule has 3 rings (SSSR count). The van der Waals surface area contributed by atoms with Gasteiger partial charge in [0.1, 0.15) is 6.10 Å². The number of fused-ring (bicyclic) bond motifs is 1. The van der Waals surface area contributed by atoms with Gasteiger partial charge in [0.25, 0.3) is 0 Å². The lowest BCUT2D eigenvalue weighted by atomic mass is 10.0. The number of aryl methyl sites for hydroxylation is 1. The van der Waals surface area contributed by atoms with Crippen LogP contribution >= 0.6 is 11.3 Å². The van der Waals surface area contributed by atoms with Crippen molar-refractivity contribution >= 4 is 23.4 Å². The van der Waals surface area contributed by atoms with Crippen LogP contribution < -0.4 is 0 Å². The second-order valence-electron chi connectivity index (χ2n) is 7.97. The van der Waals surface area contributed by atoms with Crippen LogP contribution in [0.5, 0.6) is 0 Å². The highest BCUT2D eigenvalue weighted by molar-refractivity contribution is 7.09. The summed E-state index contributed by atoms with van der Waals surface area (Å²) >= 11 is 1.64. The molecule has 2 saturated heterocycles. The summed E-state index contributed by atoms with van der Waals surface area (Å²) in [5, 5.41) is 3.10. The first-order chi connectivity index (χ1) is 13.1. The molecule has 2 aliphatic heterocycles. The van der Waals surface area contributed by atoms with E-state index in [-0.39, 0.29) is 18.2 Å². The third kappa shape index (κ3) is 7.04. The van der Waals surface area contributed by atoms with Crippen LogP contribution in [0.1, 0.15) is 88.3 Å². The molecule has 0 unspecified atom stereocenters. The number of epoxide rings is 1. The summed E-state index contributed by atoms with van der Waals surface area (Å²) in [6.45, 7) is 4.05. The fourth-order valence-corrected chi connectivity index (χ4v) is 4.41. The topological polar surface area (TPSA) is 51.7 Å². The molecule has 0 N–H and O–H groups in total. The van der Waals surface area contributed by atoms with E-state index in [4.69, 9.17) is 9.47 Å². The maximum atomic E-state index is 12.4. The molecule has 5 heteroatoms. The molecule has 0 radical (unpaired) electrons. The monoisotopic (exact) mass is 391 g/mol. The van der Waals surface area contributed by atoms with Crippen LogP contribution in [0.4, 0.5) is 0 Å². The molecule has 4 nitrogen and oxygen atoms in total. The van der Waals surface area contributed by atoms with Crippen LogP contribution in [-0.4, -0.2) is 29.3 Å². The van der Waals surface area contributed by atoms with E-state index in [1.807, 2.05) is 19.2 Å².